The van der Waals surface area contributed by atoms with Gasteiger partial charge in [0.25, 0.3) is 0 Å². The maximum absolute atomic E-state index is 12.0. The molecule has 110 valence electrons. The van der Waals surface area contributed by atoms with Gasteiger partial charge in [-0.05, 0) is 39.7 Å². The number of rotatable bonds is 4. The molecule has 2 aromatic carbocycles. The highest BCUT2D eigenvalue weighted by Gasteiger charge is 2.16. The summed E-state index contributed by atoms with van der Waals surface area (Å²) in [6, 6.07) is 13.1. The molecule has 0 aromatic heterocycles. The van der Waals surface area contributed by atoms with Gasteiger partial charge in [-0.1, -0.05) is 30.3 Å². The lowest BCUT2D eigenvalue weighted by molar-refractivity contribution is 0.0471. The van der Waals surface area contributed by atoms with Gasteiger partial charge in [0, 0.05) is 4.47 Å². The lowest BCUT2D eigenvalue weighted by Crippen LogP contribution is -2.14. The third kappa shape index (κ3) is 4.13. The Morgan fingerprint density at radius 1 is 1.14 bits per heavy atom. The normalized spacial score (nSPS) is 11.1. The summed E-state index contributed by atoms with van der Waals surface area (Å²) < 4.78 is 28.2. The van der Waals surface area contributed by atoms with Crippen molar-refractivity contribution in [2.75, 3.05) is 0 Å². The van der Waals surface area contributed by atoms with Crippen molar-refractivity contribution in [3.8, 4) is 0 Å². The molecule has 0 spiro atoms. The zero-order chi connectivity index (χ0) is 15.5. The number of sulfonamides is 1. The molecule has 0 heterocycles. The van der Waals surface area contributed by atoms with Crippen LogP contribution >= 0.6 is 15.9 Å². The molecule has 0 fully saturated rings. The van der Waals surface area contributed by atoms with Crippen molar-refractivity contribution in [2.45, 2.75) is 11.5 Å². The van der Waals surface area contributed by atoms with E-state index < -0.39 is 16.0 Å². The molecule has 0 bridgehead atoms. The van der Waals surface area contributed by atoms with Crippen LogP contribution in [0.2, 0.25) is 0 Å². The van der Waals surface area contributed by atoms with Gasteiger partial charge in [-0.3, -0.25) is 0 Å². The maximum atomic E-state index is 12.0. The van der Waals surface area contributed by atoms with E-state index in [2.05, 4.69) is 15.9 Å². The molecule has 2 N–H and O–H groups in total. The maximum Gasteiger partial charge on any atom is 0.339 e. The van der Waals surface area contributed by atoms with E-state index in [4.69, 9.17) is 9.88 Å². The van der Waals surface area contributed by atoms with Crippen molar-refractivity contribution in [3.05, 3.63) is 64.1 Å². The van der Waals surface area contributed by atoms with Gasteiger partial charge in [-0.2, -0.15) is 0 Å². The highest BCUT2D eigenvalue weighted by atomic mass is 79.9. The van der Waals surface area contributed by atoms with Gasteiger partial charge in [0.05, 0.1) is 10.5 Å². The van der Waals surface area contributed by atoms with Crippen molar-refractivity contribution in [2.24, 2.45) is 5.14 Å². The van der Waals surface area contributed by atoms with E-state index in [9.17, 15) is 13.2 Å². The first-order chi connectivity index (χ1) is 9.88. The van der Waals surface area contributed by atoms with E-state index in [1.165, 1.54) is 18.2 Å². The van der Waals surface area contributed by atoms with Gasteiger partial charge in [-0.15, -0.1) is 0 Å². The fourth-order valence-electron chi connectivity index (χ4n) is 1.64. The van der Waals surface area contributed by atoms with Crippen LogP contribution in [0.5, 0.6) is 0 Å². The zero-order valence-corrected chi connectivity index (χ0v) is 13.2. The summed E-state index contributed by atoms with van der Waals surface area (Å²) in [5, 5.41) is 5.05. The number of benzene rings is 2. The zero-order valence-electron chi connectivity index (χ0n) is 10.8. The highest BCUT2D eigenvalue weighted by molar-refractivity contribution is 9.10. The number of esters is 1. The summed E-state index contributed by atoms with van der Waals surface area (Å²) >= 11 is 3.19. The van der Waals surface area contributed by atoms with Crippen LogP contribution in [0, 0.1) is 0 Å². The monoisotopic (exact) mass is 369 g/mol. The number of halogens is 1. The van der Waals surface area contributed by atoms with Gasteiger partial charge in [0.2, 0.25) is 10.0 Å². The largest absolute Gasteiger partial charge is 0.457 e. The molecular formula is C14H12BrNO4S. The Morgan fingerprint density at radius 3 is 2.43 bits per heavy atom. The fourth-order valence-corrected chi connectivity index (χ4v) is 2.59. The van der Waals surface area contributed by atoms with Crippen molar-refractivity contribution in [3.63, 3.8) is 0 Å². The molecule has 0 unspecified atom stereocenters. The molecule has 0 amide bonds. The van der Waals surface area contributed by atoms with Crippen LogP contribution in [0.1, 0.15) is 15.9 Å². The van der Waals surface area contributed by atoms with Crippen LogP contribution < -0.4 is 5.14 Å². The molecule has 0 atom stereocenters. The van der Waals surface area contributed by atoms with E-state index in [0.717, 1.165) is 5.56 Å². The van der Waals surface area contributed by atoms with E-state index in [-0.39, 0.29) is 17.1 Å². The lowest BCUT2D eigenvalue weighted by atomic mass is 10.2. The molecule has 21 heavy (non-hydrogen) atoms. The Balaban J connectivity index is 2.19. The Morgan fingerprint density at radius 2 is 1.81 bits per heavy atom. The van der Waals surface area contributed by atoms with Crippen LogP contribution in [0.15, 0.2) is 57.9 Å². The van der Waals surface area contributed by atoms with E-state index in [1.807, 2.05) is 30.3 Å². The van der Waals surface area contributed by atoms with Crippen LogP contribution in [0.4, 0.5) is 0 Å². The summed E-state index contributed by atoms with van der Waals surface area (Å²) in [6.07, 6.45) is 0. The molecule has 5 nitrogen and oxygen atoms in total. The second kappa shape index (κ2) is 6.38. The predicted octanol–water partition coefficient (Wildman–Crippen LogP) is 2.45. The van der Waals surface area contributed by atoms with Gasteiger partial charge in [-0.25, -0.2) is 18.4 Å². The molecule has 0 saturated carbocycles. The Hall–Kier alpha value is -1.70. The second-order valence-electron chi connectivity index (χ2n) is 4.25. The van der Waals surface area contributed by atoms with Crippen molar-refractivity contribution < 1.29 is 17.9 Å². The third-order valence-corrected chi connectivity index (χ3v) is 4.30. The predicted molar refractivity (Wildman–Crippen MR) is 81.1 cm³/mol. The highest BCUT2D eigenvalue weighted by Crippen LogP contribution is 2.21. The fraction of sp³-hybridized carbons (Fsp3) is 0.0714. The summed E-state index contributed by atoms with van der Waals surface area (Å²) in [4.78, 5) is 11.9. The summed E-state index contributed by atoms with van der Waals surface area (Å²) in [5.74, 6) is -0.628. The van der Waals surface area contributed by atoms with Crippen LogP contribution in [-0.4, -0.2) is 14.4 Å². The average Bonchev–Trinajstić information content (AvgIpc) is 2.45. The van der Waals surface area contributed by atoms with Crippen molar-refractivity contribution in [1.29, 1.82) is 0 Å². The quantitative estimate of drug-likeness (QED) is 0.838. The number of carbonyl (C=O) groups excluding carboxylic acids is 1. The molecule has 2 aromatic rings. The van der Waals surface area contributed by atoms with E-state index in [0.29, 0.717) is 4.47 Å². The van der Waals surface area contributed by atoms with Crippen molar-refractivity contribution in [1.82, 2.24) is 0 Å². The molecular weight excluding hydrogens is 358 g/mol. The standard InChI is InChI=1S/C14H12BrNO4S/c15-13-7-6-11(21(16,18)19)8-12(13)14(17)20-9-10-4-2-1-3-5-10/h1-8H,9H2,(H2,16,18,19). The number of hydrogen-bond acceptors (Lipinski definition) is 4. The van der Waals surface area contributed by atoms with Gasteiger partial charge >= 0.3 is 5.97 Å². The first kappa shape index (κ1) is 15.7. The van der Waals surface area contributed by atoms with E-state index in [1.54, 1.807) is 0 Å². The Kier molecular flexibility index (Phi) is 4.76. The summed E-state index contributed by atoms with van der Waals surface area (Å²) in [5.41, 5.74) is 0.946. The van der Waals surface area contributed by atoms with Crippen LogP contribution in [0.3, 0.4) is 0 Å². The minimum atomic E-state index is -3.87. The topological polar surface area (TPSA) is 86.5 Å². The summed E-state index contributed by atoms with van der Waals surface area (Å²) in [7, 11) is -3.87. The first-order valence-corrected chi connectivity index (χ1v) is 8.25. The first-order valence-electron chi connectivity index (χ1n) is 5.91. The third-order valence-electron chi connectivity index (χ3n) is 2.70. The molecule has 7 heteroatoms. The number of hydrogen-bond donors (Lipinski definition) is 1. The molecule has 0 aliphatic rings. The lowest BCUT2D eigenvalue weighted by Gasteiger charge is -2.08. The van der Waals surface area contributed by atoms with Gasteiger partial charge in [0.15, 0.2) is 0 Å². The number of carbonyl (C=O) groups is 1. The average molecular weight is 370 g/mol. The smallest absolute Gasteiger partial charge is 0.339 e. The van der Waals surface area contributed by atoms with E-state index >= 15 is 0 Å². The van der Waals surface area contributed by atoms with Gasteiger partial charge < -0.3 is 4.74 Å². The number of nitrogens with two attached hydrogens (primary N) is 1. The molecule has 0 radical (unpaired) electrons. The molecule has 0 saturated heterocycles. The minimum Gasteiger partial charge on any atom is -0.457 e. The SMILES string of the molecule is NS(=O)(=O)c1ccc(Br)c(C(=O)OCc2ccccc2)c1. The Labute approximate surface area is 130 Å². The molecule has 0 aliphatic heterocycles. The molecule has 0 aliphatic carbocycles. The molecule has 2 rings (SSSR count). The number of ether oxygens (including phenoxy) is 1. The van der Waals surface area contributed by atoms with Crippen LogP contribution in [0.25, 0.3) is 0 Å². The van der Waals surface area contributed by atoms with Gasteiger partial charge in [0.1, 0.15) is 6.61 Å². The second-order valence-corrected chi connectivity index (χ2v) is 6.66. The Bertz CT molecular complexity index is 760. The van der Waals surface area contributed by atoms with Crippen molar-refractivity contribution >= 4 is 31.9 Å². The summed E-state index contributed by atoms with van der Waals surface area (Å²) in [6.45, 7) is 0.103. The minimum absolute atomic E-state index is 0.103. The van der Waals surface area contributed by atoms with Crippen LogP contribution in [-0.2, 0) is 21.4 Å². The number of primary sulfonamides is 1.